The molecule has 4 aliphatic carbocycles. The minimum Gasteiger partial charge on any atom is -0.407 e. The summed E-state index contributed by atoms with van der Waals surface area (Å²) in [6.45, 7) is 15.5. The first kappa shape index (κ1) is 68.4. The number of rotatable bonds is 14. The van der Waals surface area contributed by atoms with E-state index in [1.165, 1.54) is 33.6 Å². The van der Waals surface area contributed by atoms with Gasteiger partial charge in [-0.25, -0.2) is 0 Å². The summed E-state index contributed by atoms with van der Waals surface area (Å²) in [5.74, 6) is -2.10. The molecule has 0 aromatic heterocycles. The van der Waals surface area contributed by atoms with Crippen molar-refractivity contribution in [2.45, 2.75) is 191 Å². The molecule has 18 heteroatoms. The molecule has 10 nitrogen and oxygen atoms in total. The zero-order chi connectivity index (χ0) is 60.2. The third-order valence-electron chi connectivity index (χ3n) is 17.1. The summed E-state index contributed by atoms with van der Waals surface area (Å²) in [6.07, 6.45) is 4.37. The van der Waals surface area contributed by atoms with Gasteiger partial charge in [0, 0.05) is 50.6 Å². The molecule has 0 heterocycles. The molecule has 4 fully saturated rings. The molecule has 0 saturated heterocycles. The molecule has 0 radical (unpaired) electrons. The first-order valence-corrected chi connectivity index (χ1v) is 33.5. The first-order chi connectivity index (χ1) is 38.7. The van der Waals surface area contributed by atoms with E-state index in [1.807, 2.05) is 41.7 Å². The zero-order valence-corrected chi connectivity index (χ0v) is 51.3. The highest BCUT2D eigenvalue weighted by molar-refractivity contribution is 7.00. The van der Waals surface area contributed by atoms with Crippen molar-refractivity contribution in [2.75, 3.05) is 26.4 Å². The number of hydrogen-bond acceptors (Lipinski definition) is 8. The van der Waals surface area contributed by atoms with Gasteiger partial charge in [0.25, 0.3) is 16.6 Å². The third kappa shape index (κ3) is 19.8. The van der Waals surface area contributed by atoms with Crippen molar-refractivity contribution < 1.29 is 55.0 Å². The summed E-state index contributed by atoms with van der Waals surface area (Å²) in [5, 5.41) is 26.7. The normalized spacial score (nSPS) is 23.7. The lowest BCUT2D eigenvalue weighted by Gasteiger charge is -2.44. The van der Waals surface area contributed by atoms with Gasteiger partial charge in [-0.2, -0.15) is 26.3 Å². The maximum Gasteiger partial charge on any atom is 0.471 e. The van der Waals surface area contributed by atoms with Gasteiger partial charge in [0.15, 0.2) is 0 Å². The summed E-state index contributed by atoms with van der Waals surface area (Å²) in [4.78, 5) is 21.8. The van der Waals surface area contributed by atoms with Crippen molar-refractivity contribution in [3.8, 4) is 0 Å². The molecule has 8 rings (SSSR count). The summed E-state index contributed by atoms with van der Waals surface area (Å²) in [5.41, 5.74) is 11.8. The van der Waals surface area contributed by atoms with Gasteiger partial charge in [0.1, 0.15) is 0 Å². The van der Waals surface area contributed by atoms with E-state index >= 15 is 0 Å². The standard InChI is InChI=1S/C25H32F3NO2Si.C23H33NOSi.C9H14F3NO2.C7H15NO/c1-24(2,3)32(21-10-6-4-7-11-21,22-12-8-5-9-13-22)31-18-19-14-16-20(17-15-19)29-23(30)25(26,27)28;1-23(2,3)26(21-10-6-4-7-11-21,22-12-8-5-9-13-22)25-18-19-14-16-20(24)17-15-19;10-9(11,12)8(15)13-7-3-1-6(5-14)2-4-7;8-7-3-1-6(5-9)2-4-7/h4-13,19-20H,14-18H2,1-3H3,(H,29,30);4-13,19-20H,14-18,24H2,1-3H3;6-7,14H,1-5H2,(H,13,15);6-7,9H,1-5,8H2. The molecule has 82 heavy (non-hydrogen) atoms. The monoisotopic (exact) mass is 1180 g/mol. The van der Waals surface area contributed by atoms with E-state index in [4.69, 9.17) is 30.5 Å². The van der Waals surface area contributed by atoms with Crippen LogP contribution in [-0.4, -0.2) is 102 Å². The molecule has 8 N–H and O–H groups in total. The van der Waals surface area contributed by atoms with E-state index in [2.05, 4.69) is 132 Å². The van der Waals surface area contributed by atoms with E-state index < -0.39 is 52.9 Å². The topological polar surface area (TPSA) is 169 Å². The van der Waals surface area contributed by atoms with Gasteiger partial charge in [-0.1, -0.05) is 163 Å². The van der Waals surface area contributed by atoms with Crippen LogP contribution in [0.5, 0.6) is 0 Å². The number of carbonyl (C=O) groups is 2. The number of halogens is 6. The Labute approximate surface area is 486 Å². The largest absolute Gasteiger partial charge is 0.471 e. The van der Waals surface area contributed by atoms with Gasteiger partial charge in [-0.3, -0.25) is 9.59 Å². The average Bonchev–Trinajstić information content (AvgIpc) is 3.34. The second-order valence-electron chi connectivity index (χ2n) is 25.3. The highest BCUT2D eigenvalue weighted by atomic mass is 28.4. The summed E-state index contributed by atoms with van der Waals surface area (Å²) < 4.78 is 87.3. The Bertz CT molecular complexity index is 2360. The molecule has 0 bridgehead atoms. The molecule has 456 valence electrons. The van der Waals surface area contributed by atoms with Crippen molar-refractivity contribution in [3.05, 3.63) is 121 Å². The maximum atomic E-state index is 12.5. The van der Waals surface area contributed by atoms with Crippen LogP contribution < -0.4 is 42.8 Å². The van der Waals surface area contributed by atoms with Gasteiger partial charge in [0.05, 0.1) is 0 Å². The first-order valence-electron chi connectivity index (χ1n) is 29.7. The van der Waals surface area contributed by atoms with Crippen molar-refractivity contribution in [1.82, 2.24) is 10.6 Å². The van der Waals surface area contributed by atoms with Crippen LogP contribution in [0.1, 0.15) is 144 Å². The van der Waals surface area contributed by atoms with Crippen molar-refractivity contribution in [1.29, 1.82) is 0 Å². The van der Waals surface area contributed by atoms with Gasteiger partial charge in [-0.05, 0) is 157 Å². The fourth-order valence-electron chi connectivity index (χ4n) is 12.2. The lowest BCUT2D eigenvalue weighted by Crippen LogP contribution is -2.67. The number of benzene rings is 4. The predicted molar refractivity (Wildman–Crippen MR) is 321 cm³/mol. The Morgan fingerprint density at radius 2 is 0.659 bits per heavy atom. The smallest absolute Gasteiger partial charge is 0.407 e. The van der Waals surface area contributed by atoms with Gasteiger partial charge < -0.3 is 41.2 Å². The predicted octanol–water partition coefficient (Wildman–Crippen LogP) is 10.6. The van der Waals surface area contributed by atoms with Crippen LogP contribution >= 0.6 is 0 Å². The number of aliphatic hydroxyl groups is 2. The molecule has 0 spiro atoms. The molecule has 4 aromatic carbocycles. The highest BCUT2D eigenvalue weighted by Crippen LogP contribution is 2.40. The Morgan fingerprint density at radius 1 is 0.427 bits per heavy atom. The fraction of sp³-hybridized carbons (Fsp3) is 0.594. The number of aliphatic hydroxyl groups excluding tert-OH is 2. The van der Waals surface area contributed by atoms with E-state index in [0.717, 1.165) is 58.0 Å². The van der Waals surface area contributed by atoms with Gasteiger partial charge in [0.2, 0.25) is 0 Å². The second kappa shape index (κ2) is 31.7. The molecule has 0 aliphatic heterocycles. The lowest BCUT2D eigenvalue weighted by atomic mass is 9.86. The van der Waals surface area contributed by atoms with Gasteiger partial charge in [-0.15, -0.1) is 0 Å². The average molecular weight is 1190 g/mol. The SMILES string of the molecule is CC(C)(C)[Si](OCC1CCC(N)CC1)(c1ccccc1)c1ccccc1.CC(C)(C)[Si](OCC1CCC(NC(=O)C(F)(F)F)CC1)(c1ccccc1)c1ccccc1.NC1CCC(CO)CC1.O=C(NC1CCC(CO)CC1)C(F)(F)F. The Kier molecular flexibility index (Phi) is 26.4. The third-order valence-corrected chi connectivity index (χ3v) is 27.1. The minimum absolute atomic E-state index is 0.0563. The molecule has 4 aromatic rings. The van der Waals surface area contributed by atoms with E-state index in [1.54, 1.807) is 0 Å². The van der Waals surface area contributed by atoms with Gasteiger partial charge >= 0.3 is 24.2 Å². The van der Waals surface area contributed by atoms with Crippen LogP contribution in [0, 0.1) is 23.7 Å². The van der Waals surface area contributed by atoms with Crippen LogP contribution in [-0.2, 0) is 18.4 Å². The van der Waals surface area contributed by atoms with Crippen LogP contribution in [0.4, 0.5) is 26.3 Å². The second-order valence-corrected chi connectivity index (χ2v) is 33.9. The van der Waals surface area contributed by atoms with E-state index in [9.17, 15) is 35.9 Å². The number of nitrogens with two attached hydrogens (primary N) is 2. The molecule has 2 amide bonds. The molecular weight excluding hydrogens is 1090 g/mol. The summed E-state index contributed by atoms with van der Waals surface area (Å²) >= 11 is 0. The Morgan fingerprint density at radius 3 is 0.890 bits per heavy atom. The summed E-state index contributed by atoms with van der Waals surface area (Å²) in [6, 6.07) is 42.6. The number of hydrogen-bond donors (Lipinski definition) is 6. The maximum absolute atomic E-state index is 12.5. The van der Waals surface area contributed by atoms with Crippen molar-refractivity contribution in [3.63, 3.8) is 0 Å². The quantitative estimate of drug-likeness (QED) is 0.0536. The molecular formula is C64H94F6N4O6Si2. The van der Waals surface area contributed by atoms with Crippen LogP contribution in [0.15, 0.2) is 121 Å². The zero-order valence-electron chi connectivity index (χ0n) is 49.3. The number of amides is 2. The van der Waals surface area contributed by atoms with Crippen molar-refractivity contribution in [2.24, 2.45) is 35.1 Å². The lowest BCUT2D eigenvalue weighted by molar-refractivity contribution is -0.174. The van der Waals surface area contributed by atoms with E-state index in [-0.39, 0.29) is 28.5 Å². The van der Waals surface area contributed by atoms with Crippen LogP contribution in [0.25, 0.3) is 0 Å². The van der Waals surface area contributed by atoms with Crippen LogP contribution in [0.3, 0.4) is 0 Å². The number of nitrogens with one attached hydrogen (secondary N) is 2. The summed E-state index contributed by atoms with van der Waals surface area (Å²) in [7, 11) is -5.00. The minimum atomic E-state index is -4.83. The Balaban J connectivity index is 0.000000219. The van der Waals surface area contributed by atoms with Crippen molar-refractivity contribution >= 4 is 49.2 Å². The number of carbonyl (C=O) groups excluding carboxylic acids is 2. The van der Waals surface area contributed by atoms with Crippen LogP contribution in [0.2, 0.25) is 10.1 Å². The molecule has 4 saturated carbocycles. The fourth-order valence-corrected chi connectivity index (χ4v) is 21.5. The highest BCUT2D eigenvalue weighted by Gasteiger charge is 2.52. The Hall–Kier alpha value is -4.41. The van der Waals surface area contributed by atoms with E-state index in [0.29, 0.717) is 75.7 Å². The molecule has 4 aliphatic rings. The number of alkyl halides is 6. The molecule has 0 atom stereocenters. The molecule has 0 unspecified atom stereocenters.